The molecule has 74 valence electrons. The van der Waals surface area contributed by atoms with Crippen LogP contribution >= 0.6 is 0 Å². The highest BCUT2D eigenvalue weighted by Gasteiger charge is 2.34. The molecule has 1 aliphatic rings. The highest BCUT2D eigenvalue weighted by atomic mass is 16.5. The fourth-order valence-electron chi connectivity index (χ4n) is 1.68. The first-order chi connectivity index (χ1) is 6.70. The molecule has 2 rings (SSSR count). The molecule has 1 heterocycles. The maximum Gasteiger partial charge on any atom is 0.285 e. The summed E-state index contributed by atoms with van der Waals surface area (Å²) >= 11 is 0. The zero-order valence-corrected chi connectivity index (χ0v) is 8.40. The Bertz CT molecular complexity index is 336. The molecule has 3 nitrogen and oxygen atoms in total. The van der Waals surface area contributed by atoms with Gasteiger partial charge in [-0.05, 0) is 12.5 Å². The third-order valence-electron chi connectivity index (χ3n) is 2.74. The van der Waals surface area contributed by atoms with Crippen molar-refractivity contribution >= 4 is 6.02 Å². The van der Waals surface area contributed by atoms with Gasteiger partial charge in [0.05, 0.1) is 6.04 Å². The second kappa shape index (κ2) is 3.33. The first kappa shape index (κ1) is 9.06. The molecule has 0 amide bonds. The number of benzene rings is 1. The van der Waals surface area contributed by atoms with E-state index in [9.17, 15) is 0 Å². The third kappa shape index (κ3) is 1.35. The van der Waals surface area contributed by atoms with Crippen molar-refractivity contribution in [2.24, 2.45) is 0 Å². The van der Waals surface area contributed by atoms with Gasteiger partial charge in [-0.2, -0.15) is 0 Å². The second-order valence-corrected chi connectivity index (χ2v) is 3.61. The van der Waals surface area contributed by atoms with Crippen LogP contribution in [0, 0.1) is 5.41 Å². The largest absolute Gasteiger partial charge is 0.455 e. The minimum absolute atomic E-state index is 0.00583. The van der Waals surface area contributed by atoms with E-state index in [1.807, 2.05) is 42.3 Å². The van der Waals surface area contributed by atoms with Crippen LogP contribution in [0.2, 0.25) is 0 Å². The fourth-order valence-corrected chi connectivity index (χ4v) is 1.68. The molecule has 1 aromatic carbocycles. The fraction of sp³-hybridized carbons (Fsp3) is 0.364. The normalized spacial score (nSPS) is 26.4. The van der Waals surface area contributed by atoms with Crippen molar-refractivity contribution in [2.45, 2.75) is 19.1 Å². The van der Waals surface area contributed by atoms with Crippen molar-refractivity contribution in [3.05, 3.63) is 35.9 Å². The van der Waals surface area contributed by atoms with E-state index in [4.69, 9.17) is 10.1 Å². The minimum Gasteiger partial charge on any atom is -0.455 e. The third-order valence-corrected chi connectivity index (χ3v) is 2.74. The molecule has 1 aliphatic heterocycles. The van der Waals surface area contributed by atoms with Crippen LogP contribution in [0.25, 0.3) is 0 Å². The summed E-state index contributed by atoms with van der Waals surface area (Å²) in [4.78, 5) is 1.84. The Hall–Kier alpha value is -1.51. The molecule has 3 heteroatoms. The Morgan fingerprint density at radius 3 is 2.43 bits per heavy atom. The van der Waals surface area contributed by atoms with Crippen LogP contribution in [0.4, 0.5) is 0 Å². The number of amidine groups is 1. The summed E-state index contributed by atoms with van der Waals surface area (Å²) in [7, 11) is 1.88. The molecule has 1 fully saturated rings. The predicted molar refractivity (Wildman–Crippen MR) is 55.2 cm³/mol. The average Bonchev–Trinajstić information content (AvgIpc) is 2.47. The molecule has 0 spiro atoms. The van der Waals surface area contributed by atoms with E-state index in [-0.39, 0.29) is 18.2 Å². The predicted octanol–water partition coefficient (Wildman–Crippen LogP) is 2.01. The smallest absolute Gasteiger partial charge is 0.285 e. The molecular weight excluding hydrogens is 176 g/mol. The van der Waals surface area contributed by atoms with Gasteiger partial charge in [-0.15, -0.1) is 0 Å². The van der Waals surface area contributed by atoms with Crippen molar-refractivity contribution in [1.29, 1.82) is 5.41 Å². The number of nitrogens with zero attached hydrogens (tertiary/aromatic N) is 1. The molecule has 0 aromatic heterocycles. The number of hydrogen-bond acceptors (Lipinski definition) is 2. The number of ether oxygens (including phenoxy) is 1. The molecule has 1 N–H and O–H groups in total. The lowest BCUT2D eigenvalue weighted by Crippen LogP contribution is -2.27. The van der Waals surface area contributed by atoms with E-state index in [1.165, 1.54) is 0 Å². The van der Waals surface area contributed by atoms with Crippen molar-refractivity contribution in [1.82, 2.24) is 4.90 Å². The van der Waals surface area contributed by atoms with Crippen LogP contribution in [0.3, 0.4) is 0 Å². The molecule has 0 aliphatic carbocycles. The van der Waals surface area contributed by atoms with E-state index in [0.29, 0.717) is 0 Å². The Morgan fingerprint density at radius 1 is 1.29 bits per heavy atom. The van der Waals surface area contributed by atoms with Crippen LogP contribution in [-0.2, 0) is 4.74 Å². The Balaban J connectivity index is 2.26. The highest BCUT2D eigenvalue weighted by Crippen LogP contribution is 2.30. The van der Waals surface area contributed by atoms with E-state index in [0.717, 1.165) is 5.56 Å². The molecule has 2 atom stereocenters. The summed E-state index contributed by atoms with van der Waals surface area (Å²) in [5, 5.41) is 7.57. The van der Waals surface area contributed by atoms with Gasteiger partial charge in [-0.3, -0.25) is 5.41 Å². The van der Waals surface area contributed by atoms with Crippen molar-refractivity contribution in [3.63, 3.8) is 0 Å². The molecule has 0 saturated carbocycles. The summed E-state index contributed by atoms with van der Waals surface area (Å²) in [5.41, 5.74) is 1.13. The zero-order chi connectivity index (χ0) is 10.1. The lowest BCUT2D eigenvalue weighted by atomic mass is 10.0. The Morgan fingerprint density at radius 2 is 1.93 bits per heavy atom. The van der Waals surface area contributed by atoms with Gasteiger partial charge in [-0.25, -0.2) is 0 Å². The van der Waals surface area contributed by atoms with Crippen molar-refractivity contribution in [2.75, 3.05) is 7.05 Å². The molecule has 0 unspecified atom stereocenters. The van der Waals surface area contributed by atoms with Crippen molar-refractivity contribution < 1.29 is 4.74 Å². The number of hydrogen-bond donors (Lipinski definition) is 1. The van der Waals surface area contributed by atoms with E-state index in [2.05, 4.69) is 6.92 Å². The van der Waals surface area contributed by atoms with E-state index >= 15 is 0 Å². The number of rotatable bonds is 1. The van der Waals surface area contributed by atoms with Gasteiger partial charge < -0.3 is 9.64 Å². The minimum atomic E-state index is -0.00583. The topological polar surface area (TPSA) is 36.3 Å². The highest BCUT2D eigenvalue weighted by molar-refractivity contribution is 5.73. The maximum atomic E-state index is 7.57. The summed E-state index contributed by atoms with van der Waals surface area (Å²) in [6.45, 7) is 2.07. The summed E-state index contributed by atoms with van der Waals surface area (Å²) in [6.07, 6.45) is -0.00583. The average molecular weight is 190 g/mol. The molecule has 0 bridgehead atoms. The van der Waals surface area contributed by atoms with Gasteiger partial charge in [0.25, 0.3) is 6.02 Å². The van der Waals surface area contributed by atoms with Gasteiger partial charge in [-0.1, -0.05) is 30.3 Å². The van der Waals surface area contributed by atoms with Crippen molar-refractivity contribution in [3.8, 4) is 0 Å². The quantitative estimate of drug-likeness (QED) is 0.735. The van der Waals surface area contributed by atoms with Gasteiger partial charge >= 0.3 is 0 Å². The van der Waals surface area contributed by atoms with Crippen LogP contribution in [0.15, 0.2) is 30.3 Å². The van der Waals surface area contributed by atoms with Gasteiger partial charge in [0.15, 0.2) is 0 Å². The second-order valence-electron chi connectivity index (χ2n) is 3.61. The monoisotopic (exact) mass is 190 g/mol. The van der Waals surface area contributed by atoms with Gasteiger partial charge in [0.1, 0.15) is 6.10 Å². The van der Waals surface area contributed by atoms with Crippen LogP contribution in [0.1, 0.15) is 18.6 Å². The Kier molecular flexibility index (Phi) is 2.15. The first-order valence-corrected chi connectivity index (χ1v) is 4.73. The SMILES string of the molecule is C[C@@H]1[C@H](c2ccccc2)OC(=N)N1C. The molecule has 1 saturated heterocycles. The molecular formula is C11H14N2O. The van der Waals surface area contributed by atoms with Crippen LogP contribution in [-0.4, -0.2) is 24.0 Å². The first-order valence-electron chi connectivity index (χ1n) is 4.73. The molecule has 1 aromatic rings. The lowest BCUT2D eigenvalue weighted by Gasteiger charge is -2.16. The van der Waals surface area contributed by atoms with Gasteiger partial charge in [0, 0.05) is 7.05 Å². The lowest BCUT2D eigenvalue weighted by molar-refractivity contribution is 0.201. The molecule has 14 heavy (non-hydrogen) atoms. The zero-order valence-electron chi connectivity index (χ0n) is 8.40. The molecule has 0 radical (unpaired) electrons. The van der Waals surface area contributed by atoms with Gasteiger partial charge in [0.2, 0.25) is 0 Å². The maximum absolute atomic E-state index is 7.57. The standard InChI is InChI=1S/C11H14N2O/c1-8-10(14-11(12)13(8)2)9-6-4-3-5-7-9/h3-8,10,12H,1-2H3/t8-,10-/m1/s1. The van der Waals surface area contributed by atoms with E-state index < -0.39 is 0 Å². The number of likely N-dealkylation sites (N-methyl/N-ethyl adjacent to an activating group) is 1. The number of nitrogens with one attached hydrogen (secondary N) is 1. The Labute approximate surface area is 83.8 Å². The van der Waals surface area contributed by atoms with Crippen LogP contribution < -0.4 is 0 Å². The summed E-state index contributed by atoms with van der Waals surface area (Å²) < 4.78 is 5.48. The summed E-state index contributed by atoms with van der Waals surface area (Å²) in [5.74, 6) is 0. The van der Waals surface area contributed by atoms with Crippen LogP contribution in [0.5, 0.6) is 0 Å². The van der Waals surface area contributed by atoms with E-state index in [1.54, 1.807) is 0 Å². The summed E-state index contributed by atoms with van der Waals surface area (Å²) in [6, 6.07) is 10.5.